The molecule has 3 aliphatic rings. The molecule has 1 spiro atoms. The Labute approximate surface area is 95.9 Å². The maximum absolute atomic E-state index is 11.5. The lowest BCUT2D eigenvalue weighted by Gasteiger charge is -2.39. The van der Waals surface area contributed by atoms with Crippen LogP contribution in [0.25, 0.3) is 0 Å². The molecule has 2 aliphatic heterocycles. The number of esters is 1. The Morgan fingerprint density at radius 1 is 1.44 bits per heavy atom. The molecule has 1 saturated carbocycles. The molecule has 0 aromatic heterocycles. The summed E-state index contributed by atoms with van der Waals surface area (Å²) in [7, 11) is 2.16. The standard InChI is InChI=1S/C12H19NO3/c1-8-11(14)16-12(15-8)5-3-9-4-6-13(2)10(9)7-12/h8-10H,3-7H2,1-2H3. The molecule has 0 N–H and O–H groups in total. The first-order valence-corrected chi connectivity index (χ1v) is 6.21. The number of carbonyl (C=O) groups excluding carboxylic acids is 1. The van der Waals surface area contributed by atoms with Gasteiger partial charge in [0.2, 0.25) is 5.79 Å². The van der Waals surface area contributed by atoms with E-state index in [1.165, 1.54) is 6.42 Å². The predicted octanol–water partition coefficient (Wildman–Crippen LogP) is 1.15. The first-order valence-electron chi connectivity index (χ1n) is 6.21. The van der Waals surface area contributed by atoms with Crippen LogP contribution in [0.4, 0.5) is 0 Å². The van der Waals surface area contributed by atoms with Gasteiger partial charge >= 0.3 is 5.97 Å². The SMILES string of the molecule is CC1OC2(CCC3CCN(C)C3C2)OC1=O. The zero-order valence-electron chi connectivity index (χ0n) is 9.94. The molecule has 4 atom stereocenters. The van der Waals surface area contributed by atoms with Gasteiger partial charge in [-0.15, -0.1) is 0 Å². The third-order valence-electron chi connectivity index (χ3n) is 4.39. The molecule has 90 valence electrons. The summed E-state index contributed by atoms with van der Waals surface area (Å²) in [6.07, 6.45) is 3.74. The van der Waals surface area contributed by atoms with Crippen LogP contribution in [0.2, 0.25) is 0 Å². The summed E-state index contributed by atoms with van der Waals surface area (Å²) in [6, 6.07) is 0.534. The maximum Gasteiger partial charge on any atom is 0.337 e. The van der Waals surface area contributed by atoms with E-state index in [-0.39, 0.29) is 12.1 Å². The quantitative estimate of drug-likeness (QED) is 0.580. The molecule has 0 aromatic carbocycles. The molecule has 2 saturated heterocycles. The number of likely N-dealkylation sites (tertiary alicyclic amines) is 1. The normalized spacial score (nSPS) is 48.4. The van der Waals surface area contributed by atoms with E-state index in [4.69, 9.17) is 9.47 Å². The molecular formula is C12H19NO3. The fourth-order valence-corrected chi connectivity index (χ4v) is 3.43. The van der Waals surface area contributed by atoms with Gasteiger partial charge in [-0.3, -0.25) is 0 Å². The highest BCUT2D eigenvalue weighted by Crippen LogP contribution is 2.45. The molecule has 2 heterocycles. The summed E-state index contributed by atoms with van der Waals surface area (Å²) >= 11 is 0. The second-order valence-corrected chi connectivity index (χ2v) is 5.43. The molecule has 0 amide bonds. The van der Waals surface area contributed by atoms with E-state index in [1.807, 2.05) is 0 Å². The predicted molar refractivity (Wildman–Crippen MR) is 57.7 cm³/mol. The van der Waals surface area contributed by atoms with E-state index in [0.29, 0.717) is 6.04 Å². The Bertz CT molecular complexity index is 319. The molecule has 16 heavy (non-hydrogen) atoms. The van der Waals surface area contributed by atoms with Gasteiger partial charge in [0.05, 0.1) is 0 Å². The van der Waals surface area contributed by atoms with Crippen molar-refractivity contribution in [3.8, 4) is 0 Å². The van der Waals surface area contributed by atoms with E-state index < -0.39 is 5.79 Å². The molecule has 0 bridgehead atoms. The summed E-state index contributed by atoms with van der Waals surface area (Å²) < 4.78 is 11.2. The zero-order valence-corrected chi connectivity index (χ0v) is 9.94. The van der Waals surface area contributed by atoms with E-state index >= 15 is 0 Å². The van der Waals surface area contributed by atoms with Gasteiger partial charge in [0.25, 0.3) is 0 Å². The molecule has 0 aromatic rings. The highest BCUT2D eigenvalue weighted by atomic mass is 16.8. The summed E-state index contributed by atoms with van der Waals surface area (Å²) in [5, 5.41) is 0. The minimum atomic E-state index is -0.601. The molecule has 0 radical (unpaired) electrons. The monoisotopic (exact) mass is 225 g/mol. The Balaban J connectivity index is 1.77. The molecule has 3 rings (SSSR count). The van der Waals surface area contributed by atoms with Crippen LogP contribution in [0, 0.1) is 5.92 Å². The second-order valence-electron chi connectivity index (χ2n) is 5.43. The Hall–Kier alpha value is -0.610. The lowest BCUT2D eigenvalue weighted by atomic mass is 9.81. The molecule has 1 aliphatic carbocycles. The third kappa shape index (κ3) is 1.47. The summed E-state index contributed by atoms with van der Waals surface area (Å²) in [4.78, 5) is 13.8. The number of carbonyl (C=O) groups is 1. The summed E-state index contributed by atoms with van der Waals surface area (Å²) in [5.74, 6) is -0.0241. The van der Waals surface area contributed by atoms with E-state index in [2.05, 4.69) is 11.9 Å². The molecule has 4 heteroatoms. The largest absolute Gasteiger partial charge is 0.431 e. The first-order chi connectivity index (χ1) is 7.60. The average Bonchev–Trinajstić information content (AvgIpc) is 2.71. The van der Waals surface area contributed by atoms with Crippen LogP contribution in [-0.2, 0) is 14.3 Å². The van der Waals surface area contributed by atoms with Crippen molar-refractivity contribution in [3.63, 3.8) is 0 Å². The number of ether oxygens (including phenoxy) is 2. The van der Waals surface area contributed by atoms with Crippen LogP contribution in [-0.4, -0.2) is 42.4 Å². The Morgan fingerprint density at radius 2 is 2.25 bits per heavy atom. The highest BCUT2D eigenvalue weighted by molar-refractivity contribution is 5.76. The van der Waals surface area contributed by atoms with Gasteiger partial charge in [-0.25, -0.2) is 4.79 Å². The fourth-order valence-electron chi connectivity index (χ4n) is 3.43. The smallest absolute Gasteiger partial charge is 0.337 e. The van der Waals surface area contributed by atoms with Crippen molar-refractivity contribution in [2.24, 2.45) is 5.92 Å². The molecule has 3 fully saturated rings. The van der Waals surface area contributed by atoms with Crippen LogP contribution >= 0.6 is 0 Å². The van der Waals surface area contributed by atoms with Crippen LogP contribution in [0.3, 0.4) is 0 Å². The van der Waals surface area contributed by atoms with Crippen LogP contribution < -0.4 is 0 Å². The van der Waals surface area contributed by atoms with Gasteiger partial charge in [-0.2, -0.15) is 0 Å². The number of hydrogen-bond acceptors (Lipinski definition) is 4. The lowest BCUT2D eigenvalue weighted by molar-refractivity contribution is -0.201. The molecule has 4 nitrogen and oxygen atoms in total. The van der Waals surface area contributed by atoms with Crippen LogP contribution in [0.15, 0.2) is 0 Å². The number of fused-ring (bicyclic) bond motifs is 1. The van der Waals surface area contributed by atoms with Crippen LogP contribution in [0.1, 0.15) is 32.6 Å². The van der Waals surface area contributed by atoms with Gasteiger partial charge < -0.3 is 14.4 Å². The third-order valence-corrected chi connectivity index (χ3v) is 4.39. The minimum absolute atomic E-state index is 0.195. The van der Waals surface area contributed by atoms with Crippen molar-refractivity contribution >= 4 is 5.97 Å². The zero-order chi connectivity index (χ0) is 11.3. The Morgan fingerprint density at radius 3 is 2.94 bits per heavy atom. The van der Waals surface area contributed by atoms with Crippen molar-refractivity contribution < 1.29 is 14.3 Å². The molecular weight excluding hydrogens is 206 g/mol. The van der Waals surface area contributed by atoms with Gasteiger partial charge in [0, 0.05) is 18.9 Å². The summed E-state index contributed by atoms with van der Waals surface area (Å²) in [6.45, 7) is 2.94. The molecule has 4 unspecified atom stereocenters. The lowest BCUT2D eigenvalue weighted by Crippen LogP contribution is -2.45. The minimum Gasteiger partial charge on any atom is -0.431 e. The van der Waals surface area contributed by atoms with Gasteiger partial charge in [0.1, 0.15) is 0 Å². The summed E-state index contributed by atoms with van der Waals surface area (Å²) in [5.41, 5.74) is 0. The van der Waals surface area contributed by atoms with Gasteiger partial charge in [-0.1, -0.05) is 0 Å². The topological polar surface area (TPSA) is 38.8 Å². The Kier molecular flexibility index (Phi) is 2.27. The van der Waals surface area contributed by atoms with Gasteiger partial charge in [-0.05, 0) is 39.3 Å². The van der Waals surface area contributed by atoms with Gasteiger partial charge in [0.15, 0.2) is 6.10 Å². The van der Waals surface area contributed by atoms with Crippen LogP contribution in [0.5, 0.6) is 0 Å². The first kappa shape index (κ1) is 10.5. The highest BCUT2D eigenvalue weighted by Gasteiger charge is 2.53. The van der Waals surface area contributed by atoms with Crippen molar-refractivity contribution in [3.05, 3.63) is 0 Å². The fraction of sp³-hybridized carbons (Fsp3) is 0.917. The van der Waals surface area contributed by atoms with Crippen molar-refractivity contribution in [1.82, 2.24) is 4.90 Å². The van der Waals surface area contributed by atoms with Crippen molar-refractivity contribution in [2.75, 3.05) is 13.6 Å². The maximum atomic E-state index is 11.5. The van der Waals surface area contributed by atoms with Crippen molar-refractivity contribution in [2.45, 2.75) is 50.5 Å². The number of nitrogens with zero attached hydrogens (tertiary/aromatic N) is 1. The van der Waals surface area contributed by atoms with Crippen molar-refractivity contribution in [1.29, 1.82) is 0 Å². The van der Waals surface area contributed by atoms with E-state index in [0.717, 1.165) is 31.7 Å². The number of rotatable bonds is 0. The second kappa shape index (κ2) is 3.44. The van der Waals surface area contributed by atoms with E-state index in [9.17, 15) is 4.79 Å². The number of hydrogen-bond donors (Lipinski definition) is 0. The van der Waals surface area contributed by atoms with E-state index in [1.54, 1.807) is 6.92 Å². The average molecular weight is 225 g/mol.